The van der Waals surface area contributed by atoms with Crippen molar-refractivity contribution in [3.8, 4) is 10.4 Å². The predicted molar refractivity (Wildman–Crippen MR) is 81.9 cm³/mol. The number of benzene rings is 1. The highest BCUT2D eigenvalue weighted by molar-refractivity contribution is 7.13. The van der Waals surface area contributed by atoms with E-state index in [9.17, 15) is 9.18 Å². The minimum absolute atomic E-state index is 0.313. The van der Waals surface area contributed by atoms with Gasteiger partial charge in [-0.25, -0.2) is 4.98 Å². The number of pyridine rings is 1. The second kappa shape index (κ2) is 5.85. The molecule has 0 atom stereocenters. The van der Waals surface area contributed by atoms with Crippen molar-refractivity contribution in [1.29, 1.82) is 0 Å². The molecular formula is C16H11FN2OS. The van der Waals surface area contributed by atoms with Gasteiger partial charge in [-0.05, 0) is 29.6 Å². The number of hydrogen-bond donors (Lipinski definition) is 1. The Balaban J connectivity index is 1.88. The number of thiophene rings is 1. The maximum absolute atomic E-state index is 12.8. The van der Waals surface area contributed by atoms with Crippen LogP contribution in [0.15, 0.2) is 60.1 Å². The van der Waals surface area contributed by atoms with Crippen LogP contribution in [0.4, 0.5) is 10.1 Å². The topological polar surface area (TPSA) is 42.0 Å². The van der Waals surface area contributed by atoms with Crippen LogP contribution in [0.5, 0.6) is 0 Å². The quantitative estimate of drug-likeness (QED) is 0.736. The standard InChI is InChI=1S/C16H11FN2OS/c17-15-8-7-11(10-18-15)16(20)19-13-5-2-1-4-12(13)14-6-3-9-21-14/h1-10H,(H,19,20). The van der Waals surface area contributed by atoms with Crippen molar-refractivity contribution >= 4 is 22.9 Å². The van der Waals surface area contributed by atoms with Crippen molar-refractivity contribution in [3.63, 3.8) is 0 Å². The molecule has 21 heavy (non-hydrogen) atoms. The predicted octanol–water partition coefficient (Wildman–Crippen LogP) is 4.20. The Bertz CT molecular complexity index is 754. The van der Waals surface area contributed by atoms with E-state index >= 15 is 0 Å². The summed E-state index contributed by atoms with van der Waals surface area (Å²) in [6.45, 7) is 0. The molecule has 1 N–H and O–H groups in total. The summed E-state index contributed by atoms with van der Waals surface area (Å²) in [5, 5.41) is 4.82. The Hall–Kier alpha value is -2.53. The third kappa shape index (κ3) is 2.98. The van der Waals surface area contributed by atoms with Crippen LogP contribution < -0.4 is 5.32 Å². The number of nitrogens with one attached hydrogen (secondary N) is 1. The number of anilines is 1. The van der Waals surface area contributed by atoms with Gasteiger partial charge in [0, 0.05) is 22.3 Å². The minimum atomic E-state index is -0.606. The van der Waals surface area contributed by atoms with Crippen molar-refractivity contribution in [2.75, 3.05) is 5.32 Å². The summed E-state index contributed by atoms with van der Waals surface area (Å²) >= 11 is 1.60. The fourth-order valence-electron chi connectivity index (χ4n) is 1.94. The normalized spacial score (nSPS) is 10.3. The van der Waals surface area contributed by atoms with Gasteiger partial charge in [0.25, 0.3) is 5.91 Å². The van der Waals surface area contributed by atoms with Gasteiger partial charge in [-0.3, -0.25) is 4.79 Å². The largest absolute Gasteiger partial charge is 0.321 e. The first-order chi connectivity index (χ1) is 10.2. The Kier molecular flexibility index (Phi) is 3.75. The van der Waals surface area contributed by atoms with E-state index in [4.69, 9.17) is 0 Å². The van der Waals surface area contributed by atoms with Gasteiger partial charge in [-0.1, -0.05) is 24.3 Å². The van der Waals surface area contributed by atoms with E-state index in [1.807, 2.05) is 41.8 Å². The molecule has 3 rings (SSSR count). The van der Waals surface area contributed by atoms with Gasteiger partial charge in [0.05, 0.1) is 5.56 Å². The van der Waals surface area contributed by atoms with Gasteiger partial charge in [0.2, 0.25) is 5.95 Å². The first kappa shape index (κ1) is 13.5. The van der Waals surface area contributed by atoms with Gasteiger partial charge in [0.1, 0.15) is 0 Å². The number of para-hydroxylation sites is 1. The van der Waals surface area contributed by atoms with Crippen molar-refractivity contribution in [2.24, 2.45) is 0 Å². The Morgan fingerprint density at radius 2 is 1.95 bits per heavy atom. The molecule has 1 amide bonds. The maximum atomic E-state index is 12.8. The summed E-state index contributed by atoms with van der Waals surface area (Å²) in [4.78, 5) is 16.7. The Morgan fingerprint density at radius 1 is 1.10 bits per heavy atom. The molecule has 0 fully saturated rings. The van der Waals surface area contributed by atoms with E-state index in [-0.39, 0.29) is 5.91 Å². The molecular weight excluding hydrogens is 287 g/mol. The van der Waals surface area contributed by atoms with Gasteiger partial charge < -0.3 is 5.32 Å². The lowest BCUT2D eigenvalue weighted by atomic mass is 10.1. The van der Waals surface area contributed by atoms with Gasteiger partial charge in [-0.15, -0.1) is 11.3 Å². The average Bonchev–Trinajstić information content (AvgIpc) is 3.02. The lowest BCUT2D eigenvalue weighted by Crippen LogP contribution is -2.12. The molecule has 0 aliphatic rings. The van der Waals surface area contributed by atoms with Crippen LogP contribution in [0.2, 0.25) is 0 Å². The van der Waals surface area contributed by atoms with Crippen LogP contribution in [0, 0.1) is 5.95 Å². The molecule has 3 nitrogen and oxygen atoms in total. The van der Waals surface area contributed by atoms with E-state index in [1.165, 1.54) is 18.3 Å². The van der Waals surface area contributed by atoms with Crippen LogP contribution >= 0.6 is 11.3 Å². The summed E-state index contributed by atoms with van der Waals surface area (Å²) in [7, 11) is 0. The fraction of sp³-hybridized carbons (Fsp3) is 0. The monoisotopic (exact) mass is 298 g/mol. The summed E-state index contributed by atoms with van der Waals surface area (Å²) in [6.07, 6.45) is 1.22. The second-order valence-electron chi connectivity index (χ2n) is 4.35. The molecule has 0 spiro atoms. The van der Waals surface area contributed by atoms with E-state index in [1.54, 1.807) is 11.3 Å². The Labute approximate surface area is 125 Å². The second-order valence-corrected chi connectivity index (χ2v) is 5.29. The molecule has 0 bridgehead atoms. The van der Waals surface area contributed by atoms with E-state index in [2.05, 4.69) is 10.3 Å². The van der Waals surface area contributed by atoms with Gasteiger partial charge in [-0.2, -0.15) is 4.39 Å². The van der Waals surface area contributed by atoms with E-state index < -0.39 is 5.95 Å². The Morgan fingerprint density at radius 3 is 2.67 bits per heavy atom. The number of amides is 1. The number of carbonyl (C=O) groups excluding carboxylic acids is 1. The number of rotatable bonds is 3. The molecule has 1 aromatic carbocycles. The molecule has 0 radical (unpaired) electrons. The maximum Gasteiger partial charge on any atom is 0.257 e. The molecule has 0 aliphatic heterocycles. The summed E-state index contributed by atoms with van der Waals surface area (Å²) in [5.41, 5.74) is 1.99. The fourth-order valence-corrected chi connectivity index (χ4v) is 2.71. The zero-order chi connectivity index (χ0) is 14.7. The average molecular weight is 298 g/mol. The number of carbonyl (C=O) groups is 1. The van der Waals surface area contributed by atoms with Crippen LogP contribution in [-0.4, -0.2) is 10.9 Å². The van der Waals surface area contributed by atoms with Crippen molar-refractivity contribution in [1.82, 2.24) is 4.98 Å². The highest BCUT2D eigenvalue weighted by Gasteiger charge is 2.11. The van der Waals surface area contributed by atoms with Gasteiger partial charge in [0.15, 0.2) is 0 Å². The van der Waals surface area contributed by atoms with Crippen LogP contribution in [0.25, 0.3) is 10.4 Å². The molecule has 2 heterocycles. The summed E-state index contributed by atoms with van der Waals surface area (Å²) in [6, 6.07) is 14.1. The number of aromatic nitrogens is 1. The molecule has 5 heteroatoms. The van der Waals surface area contributed by atoms with Gasteiger partial charge >= 0.3 is 0 Å². The number of hydrogen-bond acceptors (Lipinski definition) is 3. The zero-order valence-corrected chi connectivity index (χ0v) is 11.7. The molecule has 3 aromatic rings. The molecule has 104 valence electrons. The third-order valence-electron chi connectivity index (χ3n) is 2.95. The SMILES string of the molecule is O=C(Nc1ccccc1-c1cccs1)c1ccc(F)nc1. The van der Waals surface area contributed by atoms with Crippen LogP contribution in [-0.2, 0) is 0 Å². The van der Waals surface area contributed by atoms with Crippen LogP contribution in [0.3, 0.4) is 0 Å². The first-order valence-electron chi connectivity index (χ1n) is 6.30. The molecule has 0 unspecified atom stereocenters. The zero-order valence-electron chi connectivity index (χ0n) is 10.9. The molecule has 0 aliphatic carbocycles. The van der Waals surface area contributed by atoms with E-state index in [0.29, 0.717) is 11.3 Å². The van der Waals surface area contributed by atoms with E-state index in [0.717, 1.165) is 10.4 Å². The number of nitrogens with zero attached hydrogens (tertiary/aromatic N) is 1. The first-order valence-corrected chi connectivity index (χ1v) is 7.18. The minimum Gasteiger partial charge on any atom is -0.321 e. The smallest absolute Gasteiger partial charge is 0.257 e. The van der Waals surface area contributed by atoms with Crippen LogP contribution in [0.1, 0.15) is 10.4 Å². The molecule has 0 saturated heterocycles. The number of halogens is 1. The summed E-state index contributed by atoms with van der Waals surface area (Å²) in [5.74, 6) is -0.919. The lowest BCUT2D eigenvalue weighted by Gasteiger charge is -2.09. The van der Waals surface area contributed by atoms with Crippen molar-refractivity contribution < 1.29 is 9.18 Å². The molecule has 2 aromatic heterocycles. The third-order valence-corrected chi connectivity index (χ3v) is 3.85. The summed E-state index contributed by atoms with van der Waals surface area (Å²) < 4.78 is 12.8. The highest BCUT2D eigenvalue weighted by atomic mass is 32.1. The lowest BCUT2D eigenvalue weighted by molar-refractivity contribution is 0.102. The molecule has 0 saturated carbocycles. The van der Waals surface area contributed by atoms with Crippen molar-refractivity contribution in [3.05, 3.63) is 71.6 Å². The van der Waals surface area contributed by atoms with Crippen molar-refractivity contribution in [2.45, 2.75) is 0 Å². The highest BCUT2D eigenvalue weighted by Crippen LogP contribution is 2.31.